The molecule has 3 rings (SSSR count). The van der Waals surface area contributed by atoms with Gasteiger partial charge in [-0.1, -0.05) is 30.0 Å². The summed E-state index contributed by atoms with van der Waals surface area (Å²) >= 11 is 1.34. The van der Waals surface area contributed by atoms with Crippen molar-refractivity contribution in [2.45, 2.75) is 31.2 Å². The number of carbonyl (C=O) groups is 1. The zero-order valence-electron chi connectivity index (χ0n) is 14.9. The Kier molecular flexibility index (Phi) is 5.68. The number of hydrogen-bond donors (Lipinski definition) is 0. The van der Waals surface area contributed by atoms with Gasteiger partial charge in [0.15, 0.2) is 11.0 Å². The van der Waals surface area contributed by atoms with Crippen molar-refractivity contribution >= 4 is 17.7 Å². The lowest BCUT2D eigenvalue weighted by Crippen LogP contribution is -2.17. The summed E-state index contributed by atoms with van der Waals surface area (Å²) in [5, 5.41) is 8.98. The molecule has 2 heterocycles. The van der Waals surface area contributed by atoms with Crippen molar-refractivity contribution in [1.82, 2.24) is 19.7 Å². The first-order chi connectivity index (χ1) is 12.6. The minimum Gasteiger partial charge on any atom is -0.465 e. The third-order valence-corrected chi connectivity index (χ3v) is 4.85. The zero-order chi connectivity index (χ0) is 18.5. The Labute approximate surface area is 156 Å². The highest BCUT2D eigenvalue weighted by Gasteiger charge is 2.23. The summed E-state index contributed by atoms with van der Waals surface area (Å²) in [4.78, 5) is 16.1. The van der Waals surface area contributed by atoms with E-state index in [0.29, 0.717) is 17.6 Å². The largest absolute Gasteiger partial charge is 0.465 e. The first kappa shape index (κ1) is 18.1. The number of aryl methyl sites for hydroxylation is 1. The average Bonchev–Trinajstić information content (AvgIpc) is 3.06. The van der Waals surface area contributed by atoms with Crippen LogP contribution in [-0.2, 0) is 9.53 Å². The number of nitrogens with zero attached hydrogens (tertiary/aromatic N) is 4. The Morgan fingerprint density at radius 3 is 2.62 bits per heavy atom. The minimum absolute atomic E-state index is 0.262. The van der Waals surface area contributed by atoms with Gasteiger partial charge in [0.25, 0.3) is 0 Å². The molecule has 1 atom stereocenters. The van der Waals surface area contributed by atoms with Crippen LogP contribution in [0.15, 0.2) is 53.9 Å². The van der Waals surface area contributed by atoms with Crippen LogP contribution in [0.1, 0.15) is 19.4 Å². The summed E-state index contributed by atoms with van der Waals surface area (Å²) in [6.07, 6.45) is 3.44. The molecule has 0 aliphatic carbocycles. The van der Waals surface area contributed by atoms with Crippen molar-refractivity contribution in [2.75, 3.05) is 6.61 Å². The molecule has 134 valence electrons. The maximum absolute atomic E-state index is 12.0. The van der Waals surface area contributed by atoms with Crippen LogP contribution in [0.3, 0.4) is 0 Å². The van der Waals surface area contributed by atoms with E-state index in [-0.39, 0.29) is 11.2 Å². The number of benzene rings is 1. The predicted molar refractivity (Wildman–Crippen MR) is 101 cm³/mol. The van der Waals surface area contributed by atoms with Gasteiger partial charge in [-0.05, 0) is 44.5 Å². The fourth-order valence-corrected chi connectivity index (χ4v) is 3.39. The molecule has 0 amide bonds. The van der Waals surface area contributed by atoms with Crippen LogP contribution >= 0.6 is 11.8 Å². The Hall–Kier alpha value is -2.67. The lowest BCUT2D eigenvalue weighted by molar-refractivity contribution is -0.142. The van der Waals surface area contributed by atoms with Crippen LogP contribution in [0.25, 0.3) is 17.1 Å². The van der Waals surface area contributed by atoms with Crippen molar-refractivity contribution in [3.8, 4) is 17.1 Å². The highest BCUT2D eigenvalue weighted by molar-refractivity contribution is 8.00. The maximum atomic E-state index is 12.0. The summed E-state index contributed by atoms with van der Waals surface area (Å²) in [6.45, 7) is 6.00. The Balaban J connectivity index is 2.07. The highest BCUT2D eigenvalue weighted by atomic mass is 32.2. The number of aromatic nitrogens is 4. The molecule has 7 heteroatoms. The van der Waals surface area contributed by atoms with Crippen LogP contribution in [0, 0.1) is 6.92 Å². The standard InChI is InChI=1S/C19H20N4O2S/c1-4-25-18(24)14(3)26-19-22-21-17(15-9-11-20-12-10-15)23(19)16-8-6-5-7-13(16)2/h5-12,14H,4H2,1-3H3/t14-/m1/s1. The Morgan fingerprint density at radius 2 is 1.92 bits per heavy atom. The van der Waals surface area contributed by atoms with Gasteiger partial charge in [0.05, 0.1) is 12.3 Å². The number of rotatable bonds is 6. The van der Waals surface area contributed by atoms with Gasteiger partial charge in [0, 0.05) is 18.0 Å². The van der Waals surface area contributed by atoms with Crippen molar-refractivity contribution in [1.29, 1.82) is 0 Å². The molecule has 0 unspecified atom stereocenters. The zero-order valence-corrected chi connectivity index (χ0v) is 15.7. The third kappa shape index (κ3) is 3.77. The molecule has 0 spiro atoms. The highest BCUT2D eigenvalue weighted by Crippen LogP contribution is 2.31. The molecule has 0 aliphatic heterocycles. The van der Waals surface area contributed by atoms with Gasteiger partial charge in [-0.15, -0.1) is 10.2 Å². The monoisotopic (exact) mass is 368 g/mol. The van der Waals surface area contributed by atoms with Crippen molar-refractivity contribution in [2.24, 2.45) is 0 Å². The minimum atomic E-state index is -0.382. The van der Waals surface area contributed by atoms with Gasteiger partial charge in [-0.3, -0.25) is 14.3 Å². The fraction of sp³-hybridized carbons (Fsp3) is 0.263. The van der Waals surface area contributed by atoms with Gasteiger partial charge in [0.2, 0.25) is 0 Å². The molecule has 0 N–H and O–H groups in total. The molecule has 2 aromatic heterocycles. The van der Waals surface area contributed by atoms with E-state index in [9.17, 15) is 4.79 Å². The summed E-state index contributed by atoms with van der Waals surface area (Å²) in [6, 6.07) is 11.8. The van der Waals surface area contributed by atoms with Crippen LogP contribution in [0.2, 0.25) is 0 Å². The Bertz CT molecular complexity index is 896. The lowest BCUT2D eigenvalue weighted by atomic mass is 10.2. The second-order valence-electron chi connectivity index (χ2n) is 5.68. The van der Waals surface area contributed by atoms with E-state index in [0.717, 1.165) is 16.8 Å². The van der Waals surface area contributed by atoms with E-state index in [1.165, 1.54) is 11.8 Å². The van der Waals surface area contributed by atoms with Crippen LogP contribution in [0.5, 0.6) is 0 Å². The molecular weight excluding hydrogens is 348 g/mol. The van der Waals surface area contributed by atoms with E-state index in [1.54, 1.807) is 19.3 Å². The molecule has 0 aliphatic rings. The SMILES string of the molecule is CCOC(=O)[C@@H](C)Sc1nnc(-c2ccncc2)n1-c1ccccc1C. The van der Waals surface area contributed by atoms with Crippen molar-refractivity contribution in [3.05, 3.63) is 54.4 Å². The molecule has 0 saturated heterocycles. The number of carbonyl (C=O) groups excluding carboxylic acids is 1. The Morgan fingerprint density at radius 1 is 1.19 bits per heavy atom. The van der Waals surface area contributed by atoms with E-state index < -0.39 is 0 Å². The molecule has 0 radical (unpaired) electrons. The van der Waals surface area contributed by atoms with E-state index in [1.807, 2.05) is 54.8 Å². The van der Waals surface area contributed by atoms with Gasteiger partial charge in [-0.2, -0.15) is 0 Å². The molecule has 3 aromatic rings. The first-order valence-corrected chi connectivity index (χ1v) is 9.25. The second-order valence-corrected chi connectivity index (χ2v) is 6.98. The maximum Gasteiger partial charge on any atom is 0.319 e. The van der Waals surface area contributed by atoms with Gasteiger partial charge in [0.1, 0.15) is 5.25 Å². The summed E-state index contributed by atoms with van der Waals surface area (Å²) in [7, 11) is 0. The molecule has 6 nitrogen and oxygen atoms in total. The van der Waals surface area contributed by atoms with Crippen LogP contribution in [0.4, 0.5) is 0 Å². The first-order valence-electron chi connectivity index (χ1n) is 8.37. The summed E-state index contributed by atoms with van der Waals surface area (Å²) in [5.74, 6) is 0.447. The molecular formula is C19H20N4O2S. The van der Waals surface area contributed by atoms with E-state index in [2.05, 4.69) is 15.2 Å². The molecule has 0 saturated carbocycles. The number of hydrogen-bond acceptors (Lipinski definition) is 6. The lowest BCUT2D eigenvalue weighted by Gasteiger charge is -2.14. The fourth-order valence-electron chi connectivity index (χ4n) is 2.53. The molecule has 1 aromatic carbocycles. The topological polar surface area (TPSA) is 69.9 Å². The van der Waals surface area contributed by atoms with E-state index in [4.69, 9.17) is 4.74 Å². The number of ether oxygens (including phenoxy) is 1. The number of para-hydroxylation sites is 1. The normalized spacial score (nSPS) is 12.0. The van der Waals surface area contributed by atoms with Crippen molar-refractivity contribution < 1.29 is 9.53 Å². The number of thioether (sulfide) groups is 1. The third-order valence-electron chi connectivity index (χ3n) is 3.83. The van der Waals surface area contributed by atoms with Crippen molar-refractivity contribution in [3.63, 3.8) is 0 Å². The van der Waals surface area contributed by atoms with Crippen LogP contribution < -0.4 is 0 Å². The average molecular weight is 368 g/mol. The quantitative estimate of drug-likeness (QED) is 0.488. The van der Waals surface area contributed by atoms with Gasteiger partial charge >= 0.3 is 5.97 Å². The molecule has 26 heavy (non-hydrogen) atoms. The summed E-state index contributed by atoms with van der Waals surface area (Å²) in [5.41, 5.74) is 2.97. The van der Waals surface area contributed by atoms with E-state index >= 15 is 0 Å². The number of pyridine rings is 1. The van der Waals surface area contributed by atoms with Gasteiger partial charge in [-0.25, -0.2) is 0 Å². The summed E-state index contributed by atoms with van der Waals surface area (Å²) < 4.78 is 7.09. The predicted octanol–water partition coefficient (Wildman–Crippen LogP) is 3.68. The molecule has 0 fully saturated rings. The molecule has 0 bridgehead atoms. The van der Waals surface area contributed by atoms with Gasteiger partial charge < -0.3 is 4.74 Å². The second kappa shape index (κ2) is 8.14. The number of esters is 1. The van der Waals surface area contributed by atoms with Crippen LogP contribution in [-0.4, -0.2) is 37.6 Å². The smallest absolute Gasteiger partial charge is 0.319 e.